The monoisotopic (exact) mass is 362 g/mol. The zero-order valence-electron chi connectivity index (χ0n) is 13.5. The van der Waals surface area contributed by atoms with Gasteiger partial charge in [0, 0.05) is 11.5 Å². The summed E-state index contributed by atoms with van der Waals surface area (Å²) >= 11 is 5.92. The normalized spacial score (nSPS) is 22.9. The van der Waals surface area contributed by atoms with E-state index in [1.165, 1.54) is 23.7 Å². The van der Waals surface area contributed by atoms with Crippen LogP contribution in [0.5, 0.6) is 5.75 Å². The smallest absolute Gasteiger partial charge is 0.466 e. The van der Waals surface area contributed by atoms with E-state index in [1.54, 1.807) is 13.0 Å². The molecule has 1 aromatic carbocycles. The lowest BCUT2D eigenvalue weighted by molar-refractivity contribution is -0.274. The Kier molecular flexibility index (Phi) is 5.18. The van der Waals surface area contributed by atoms with Gasteiger partial charge in [-0.05, 0) is 35.6 Å². The number of hydrogen-bond acceptors (Lipinski definition) is 3. The average molecular weight is 363 g/mol. The molecule has 2 atom stereocenters. The average Bonchev–Trinajstić information content (AvgIpc) is 3.01. The lowest BCUT2D eigenvalue weighted by Gasteiger charge is -2.12. The van der Waals surface area contributed by atoms with Gasteiger partial charge in [0.25, 0.3) is 0 Å². The van der Waals surface area contributed by atoms with E-state index in [2.05, 4.69) is 4.74 Å². The molecule has 24 heavy (non-hydrogen) atoms. The molecule has 1 aliphatic rings. The number of hydrogen-bond donors (Lipinski definition) is 0. The van der Waals surface area contributed by atoms with Gasteiger partial charge in [0.2, 0.25) is 0 Å². The number of carbonyl (C=O) groups excluding carboxylic acids is 1. The van der Waals surface area contributed by atoms with Crippen LogP contribution in [0.15, 0.2) is 29.8 Å². The predicted molar refractivity (Wildman–Crippen MR) is 84.3 cm³/mol. The van der Waals surface area contributed by atoms with Gasteiger partial charge in [-0.15, -0.1) is 13.2 Å². The molecule has 2 unspecified atom stereocenters. The van der Waals surface area contributed by atoms with Crippen molar-refractivity contribution in [1.29, 1.82) is 0 Å². The number of alkyl halides is 3. The molecule has 3 nitrogen and oxygen atoms in total. The summed E-state index contributed by atoms with van der Waals surface area (Å²) in [6.45, 7) is 5.79. The van der Waals surface area contributed by atoms with Crippen molar-refractivity contribution in [2.24, 2.45) is 17.3 Å². The number of allylic oxidation sites excluding steroid dienone is 1. The van der Waals surface area contributed by atoms with Crippen molar-refractivity contribution in [3.63, 3.8) is 0 Å². The molecule has 132 valence electrons. The minimum atomic E-state index is -4.77. The number of ether oxygens (including phenoxy) is 2. The van der Waals surface area contributed by atoms with E-state index in [4.69, 9.17) is 16.3 Å². The first-order valence-corrected chi connectivity index (χ1v) is 7.88. The first-order valence-electron chi connectivity index (χ1n) is 7.45. The van der Waals surface area contributed by atoms with Crippen molar-refractivity contribution in [2.45, 2.75) is 27.1 Å². The number of carbonyl (C=O) groups is 1. The van der Waals surface area contributed by atoms with Crippen molar-refractivity contribution in [3.8, 4) is 5.75 Å². The first-order chi connectivity index (χ1) is 11.1. The fourth-order valence-corrected chi connectivity index (χ4v) is 3.34. The van der Waals surface area contributed by atoms with Crippen LogP contribution in [0.4, 0.5) is 13.2 Å². The molecule has 0 saturated heterocycles. The number of benzene rings is 1. The highest BCUT2D eigenvalue weighted by atomic mass is 35.5. The molecular formula is C17H18ClF3O3. The fraction of sp³-hybridized carbons (Fsp3) is 0.471. The number of halogens is 4. The highest BCUT2D eigenvalue weighted by Crippen LogP contribution is 2.64. The van der Waals surface area contributed by atoms with Crippen molar-refractivity contribution < 1.29 is 27.4 Å². The van der Waals surface area contributed by atoms with Crippen molar-refractivity contribution >= 4 is 23.1 Å². The third kappa shape index (κ3) is 3.86. The van der Waals surface area contributed by atoms with E-state index >= 15 is 0 Å². The summed E-state index contributed by atoms with van der Waals surface area (Å²) in [4.78, 5) is 12.1. The van der Waals surface area contributed by atoms with Crippen LogP contribution in [0.2, 0.25) is 0 Å². The minimum absolute atomic E-state index is 0.227. The van der Waals surface area contributed by atoms with Crippen LogP contribution in [-0.2, 0) is 9.53 Å². The molecule has 1 fully saturated rings. The van der Waals surface area contributed by atoms with Gasteiger partial charge in [0.1, 0.15) is 5.75 Å². The molecule has 0 radical (unpaired) electrons. The second-order valence-corrected chi connectivity index (χ2v) is 6.39. The Balaban J connectivity index is 2.27. The predicted octanol–water partition coefficient (Wildman–Crippen LogP) is 5.00. The Bertz CT molecular complexity index is 653. The van der Waals surface area contributed by atoms with Crippen molar-refractivity contribution in [2.75, 3.05) is 6.61 Å². The zero-order chi connectivity index (χ0) is 18.1. The highest BCUT2D eigenvalue weighted by Gasteiger charge is 2.64. The second-order valence-electron chi connectivity index (χ2n) is 6.17. The van der Waals surface area contributed by atoms with Crippen LogP contribution < -0.4 is 4.74 Å². The van der Waals surface area contributed by atoms with Crippen molar-refractivity contribution in [3.05, 3.63) is 35.4 Å². The van der Waals surface area contributed by atoms with Gasteiger partial charge < -0.3 is 9.47 Å². The van der Waals surface area contributed by atoms with E-state index in [-0.39, 0.29) is 35.6 Å². The van der Waals surface area contributed by atoms with E-state index in [0.717, 1.165) is 0 Å². The summed E-state index contributed by atoms with van der Waals surface area (Å²) < 4.78 is 46.1. The van der Waals surface area contributed by atoms with Crippen LogP contribution in [-0.4, -0.2) is 18.9 Å². The third-order valence-electron chi connectivity index (χ3n) is 4.22. The molecule has 7 heteroatoms. The maximum absolute atomic E-state index is 12.4. The molecule has 1 saturated carbocycles. The largest absolute Gasteiger partial charge is 0.573 e. The first kappa shape index (κ1) is 18.6. The van der Waals surface area contributed by atoms with E-state index in [0.29, 0.717) is 11.1 Å². The SMILES string of the molecule is CCOC(=O)C1C(C(=CCl)c2cccc(OC(F)(F)F)c2)C1(C)C. The summed E-state index contributed by atoms with van der Waals surface area (Å²) in [5.41, 5.74) is 2.00. The van der Waals surface area contributed by atoms with Gasteiger partial charge >= 0.3 is 12.3 Å². The Morgan fingerprint density at radius 1 is 1.33 bits per heavy atom. The lowest BCUT2D eigenvalue weighted by Crippen LogP contribution is -2.17. The topological polar surface area (TPSA) is 35.5 Å². The van der Waals surface area contributed by atoms with Gasteiger partial charge in [0.05, 0.1) is 12.5 Å². The summed E-state index contributed by atoms with van der Waals surface area (Å²) in [7, 11) is 0. The minimum Gasteiger partial charge on any atom is -0.466 e. The van der Waals surface area contributed by atoms with Crippen molar-refractivity contribution in [1.82, 2.24) is 0 Å². The molecule has 0 N–H and O–H groups in total. The summed E-state index contributed by atoms with van der Waals surface area (Å²) in [5.74, 6) is -1.27. The van der Waals surface area contributed by atoms with Crippen LogP contribution >= 0.6 is 11.6 Å². The molecule has 0 heterocycles. The molecular weight excluding hydrogens is 345 g/mol. The summed E-state index contributed by atoms with van der Waals surface area (Å²) in [6, 6.07) is 5.56. The van der Waals surface area contributed by atoms with Crippen LogP contribution in [0.25, 0.3) is 5.57 Å². The molecule has 0 aromatic heterocycles. The van der Waals surface area contributed by atoms with Crippen LogP contribution in [0, 0.1) is 17.3 Å². The Morgan fingerprint density at radius 3 is 2.54 bits per heavy atom. The molecule has 0 amide bonds. The van der Waals surface area contributed by atoms with E-state index in [1.807, 2.05) is 13.8 Å². The molecule has 0 bridgehead atoms. The fourth-order valence-electron chi connectivity index (χ4n) is 3.07. The second kappa shape index (κ2) is 6.67. The molecule has 0 spiro atoms. The van der Waals surface area contributed by atoms with Gasteiger partial charge in [-0.2, -0.15) is 0 Å². The standard InChI is InChI=1S/C17H18ClF3O3/c1-4-23-15(22)14-13(16(14,2)3)12(9-18)10-6-5-7-11(8-10)24-17(19,20)21/h5-9,13-14H,4H2,1-3H3. The van der Waals surface area contributed by atoms with Crippen LogP contribution in [0.1, 0.15) is 26.3 Å². The van der Waals surface area contributed by atoms with Crippen LogP contribution in [0.3, 0.4) is 0 Å². The van der Waals surface area contributed by atoms with Gasteiger partial charge in [-0.1, -0.05) is 37.6 Å². The number of esters is 1. The number of rotatable bonds is 5. The highest BCUT2D eigenvalue weighted by molar-refractivity contribution is 6.28. The summed E-state index contributed by atoms with van der Waals surface area (Å²) in [5, 5.41) is 0. The summed E-state index contributed by atoms with van der Waals surface area (Å²) in [6.07, 6.45) is -4.77. The molecule has 1 aliphatic carbocycles. The van der Waals surface area contributed by atoms with Gasteiger partial charge in [-0.3, -0.25) is 4.79 Å². The van der Waals surface area contributed by atoms with Gasteiger partial charge in [-0.25, -0.2) is 0 Å². The quantitative estimate of drug-likeness (QED) is 0.691. The molecule has 2 rings (SSSR count). The molecule has 1 aromatic rings. The Hall–Kier alpha value is -1.69. The zero-order valence-corrected chi connectivity index (χ0v) is 14.2. The van der Waals surface area contributed by atoms with Gasteiger partial charge in [0.15, 0.2) is 0 Å². The molecule has 0 aliphatic heterocycles. The Labute approximate surface area is 143 Å². The third-order valence-corrected chi connectivity index (χ3v) is 4.46. The lowest BCUT2D eigenvalue weighted by atomic mass is 9.98. The Morgan fingerprint density at radius 2 is 2.00 bits per heavy atom. The maximum atomic E-state index is 12.4. The van der Waals surface area contributed by atoms with E-state index in [9.17, 15) is 18.0 Å². The van der Waals surface area contributed by atoms with E-state index < -0.39 is 6.36 Å². The maximum Gasteiger partial charge on any atom is 0.573 e.